The molecule has 0 aromatic heterocycles. The normalized spacial score (nSPS) is 10.6. The third-order valence-corrected chi connectivity index (χ3v) is 3.51. The van der Waals surface area contributed by atoms with Crippen LogP contribution in [-0.4, -0.2) is 29.6 Å². The van der Waals surface area contributed by atoms with Gasteiger partial charge in [0.15, 0.2) is 0 Å². The van der Waals surface area contributed by atoms with E-state index in [4.69, 9.17) is 4.74 Å². The van der Waals surface area contributed by atoms with Gasteiger partial charge >= 0.3 is 11.9 Å². The molecular weight excluding hydrogens is 348 g/mol. The van der Waals surface area contributed by atoms with E-state index in [1.807, 2.05) is 0 Å². The van der Waals surface area contributed by atoms with Gasteiger partial charge < -0.3 is 15.2 Å². The van der Waals surface area contributed by atoms with Gasteiger partial charge in [-0.1, -0.05) is 18.2 Å². The Hall–Kier alpha value is -3.92. The first-order chi connectivity index (χ1) is 13.0. The number of amides is 1. The van der Waals surface area contributed by atoms with Crippen molar-refractivity contribution in [1.29, 1.82) is 5.26 Å². The van der Waals surface area contributed by atoms with Gasteiger partial charge in [-0.15, -0.1) is 0 Å². The third kappa shape index (κ3) is 5.03. The molecule has 0 heterocycles. The van der Waals surface area contributed by atoms with E-state index in [0.717, 1.165) is 0 Å². The second-order valence-corrected chi connectivity index (χ2v) is 5.31. The predicted molar refractivity (Wildman–Crippen MR) is 98.0 cm³/mol. The Morgan fingerprint density at radius 2 is 1.81 bits per heavy atom. The lowest BCUT2D eigenvalue weighted by Crippen LogP contribution is -2.14. The Morgan fingerprint density at radius 1 is 1.15 bits per heavy atom. The number of hydrogen-bond donors (Lipinski definition) is 2. The molecule has 27 heavy (non-hydrogen) atoms. The van der Waals surface area contributed by atoms with Gasteiger partial charge in [0.2, 0.25) is 0 Å². The van der Waals surface area contributed by atoms with Gasteiger partial charge in [0.25, 0.3) is 5.91 Å². The number of esters is 1. The van der Waals surface area contributed by atoms with Crippen molar-refractivity contribution in [2.75, 3.05) is 11.9 Å². The number of nitrogens with zero attached hydrogens (tertiary/aromatic N) is 1. The van der Waals surface area contributed by atoms with Crippen molar-refractivity contribution in [3.63, 3.8) is 0 Å². The Kier molecular flexibility index (Phi) is 6.44. The fraction of sp³-hybridized carbons (Fsp3) is 0.100. The number of hydrogen-bond acceptors (Lipinski definition) is 5. The molecule has 0 aliphatic heterocycles. The van der Waals surface area contributed by atoms with Crippen LogP contribution in [0.5, 0.6) is 0 Å². The molecule has 2 aromatic rings. The first-order valence-electron chi connectivity index (χ1n) is 7.99. The zero-order chi connectivity index (χ0) is 19.8. The number of carboxylic acid groups (broad SMARTS) is 1. The van der Waals surface area contributed by atoms with E-state index < -0.39 is 17.8 Å². The molecule has 136 valence electrons. The zero-order valence-electron chi connectivity index (χ0n) is 14.4. The fourth-order valence-corrected chi connectivity index (χ4v) is 2.22. The molecule has 0 aliphatic carbocycles. The largest absolute Gasteiger partial charge is 0.478 e. The molecule has 0 spiro atoms. The minimum atomic E-state index is -1.16. The van der Waals surface area contributed by atoms with Crippen LogP contribution in [0.15, 0.2) is 54.1 Å². The quantitative estimate of drug-likeness (QED) is 0.462. The summed E-state index contributed by atoms with van der Waals surface area (Å²) in [7, 11) is 0. The van der Waals surface area contributed by atoms with Crippen LogP contribution in [0, 0.1) is 11.3 Å². The highest BCUT2D eigenvalue weighted by Gasteiger charge is 2.13. The van der Waals surface area contributed by atoms with Crippen molar-refractivity contribution in [3.8, 4) is 6.07 Å². The van der Waals surface area contributed by atoms with Crippen molar-refractivity contribution in [2.45, 2.75) is 6.92 Å². The summed E-state index contributed by atoms with van der Waals surface area (Å²) in [5.74, 6) is -2.33. The van der Waals surface area contributed by atoms with Crippen LogP contribution in [0.2, 0.25) is 0 Å². The van der Waals surface area contributed by atoms with Crippen LogP contribution in [-0.2, 0) is 9.53 Å². The molecule has 0 aliphatic rings. The van der Waals surface area contributed by atoms with Crippen LogP contribution in [0.4, 0.5) is 5.69 Å². The average Bonchev–Trinajstić information content (AvgIpc) is 2.66. The molecule has 0 atom stereocenters. The van der Waals surface area contributed by atoms with E-state index in [-0.39, 0.29) is 23.3 Å². The number of rotatable bonds is 6. The Balaban J connectivity index is 2.20. The first-order valence-corrected chi connectivity index (χ1v) is 7.99. The lowest BCUT2D eigenvalue weighted by Gasteiger charge is -2.06. The van der Waals surface area contributed by atoms with Gasteiger partial charge in [-0.25, -0.2) is 9.59 Å². The van der Waals surface area contributed by atoms with Gasteiger partial charge in [-0.05, 0) is 48.9 Å². The summed E-state index contributed by atoms with van der Waals surface area (Å²) in [6.45, 7) is 1.95. The SMILES string of the molecule is CCOC(=O)c1ccc(NC(=O)/C(C#N)=C/c2ccccc2C(=O)O)cc1. The van der Waals surface area contributed by atoms with E-state index in [1.165, 1.54) is 42.5 Å². The second kappa shape index (κ2) is 8.97. The van der Waals surface area contributed by atoms with Gasteiger partial charge in [-0.3, -0.25) is 4.79 Å². The number of carbonyl (C=O) groups excluding carboxylic acids is 2. The molecule has 7 nitrogen and oxygen atoms in total. The maximum atomic E-state index is 12.3. The lowest BCUT2D eigenvalue weighted by molar-refractivity contribution is -0.112. The Morgan fingerprint density at radius 3 is 2.41 bits per heavy atom. The molecule has 0 saturated carbocycles. The topological polar surface area (TPSA) is 116 Å². The summed E-state index contributed by atoms with van der Waals surface area (Å²) in [5.41, 5.74) is 0.686. The highest BCUT2D eigenvalue weighted by molar-refractivity contribution is 6.10. The standard InChI is InChI=1S/C20H16N2O5/c1-2-27-20(26)13-7-9-16(10-8-13)22-18(23)15(12-21)11-14-5-3-4-6-17(14)19(24)25/h3-11H,2H2,1H3,(H,22,23)(H,24,25)/b15-11+. The number of ether oxygens (including phenoxy) is 1. The van der Waals surface area contributed by atoms with Crippen molar-refractivity contribution in [2.24, 2.45) is 0 Å². The number of nitrogens with one attached hydrogen (secondary N) is 1. The van der Waals surface area contributed by atoms with E-state index >= 15 is 0 Å². The van der Waals surface area contributed by atoms with E-state index in [1.54, 1.807) is 25.1 Å². The first kappa shape index (κ1) is 19.4. The van der Waals surface area contributed by atoms with Gasteiger partial charge in [0.1, 0.15) is 11.6 Å². The summed E-state index contributed by atoms with van der Waals surface area (Å²) in [6.07, 6.45) is 1.21. The van der Waals surface area contributed by atoms with E-state index in [2.05, 4.69) is 5.32 Å². The fourth-order valence-electron chi connectivity index (χ4n) is 2.22. The molecule has 0 bridgehead atoms. The summed E-state index contributed by atoms with van der Waals surface area (Å²) >= 11 is 0. The van der Waals surface area contributed by atoms with E-state index in [9.17, 15) is 24.8 Å². The minimum absolute atomic E-state index is 0.0168. The van der Waals surface area contributed by atoms with Crippen molar-refractivity contribution >= 4 is 29.6 Å². The zero-order valence-corrected chi connectivity index (χ0v) is 14.4. The van der Waals surface area contributed by atoms with Crippen LogP contribution in [0.1, 0.15) is 33.2 Å². The Bertz CT molecular complexity index is 940. The molecular formula is C20H16N2O5. The number of carboxylic acids is 1. The summed E-state index contributed by atoms with van der Waals surface area (Å²) < 4.78 is 4.87. The van der Waals surface area contributed by atoms with Crippen molar-refractivity contribution in [3.05, 3.63) is 70.8 Å². The van der Waals surface area contributed by atoms with E-state index in [0.29, 0.717) is 11.3 Å². The smallest absolute Gasteiger partial charge is 0.338 e. The van der Waals surface area contributed by atoms with Gasteiger partial charge in [-0.2, -0.15) is 5.26 Å². The van der Waals surface area contributed by atoms with Crippen LogP contribution in [0.25, 0.3) is 6.08 Å². The maximum absolute atomic E-state index is 12.3. The third-order valence-electron chi connectivity index (χ3n) is 3.51. The molecule has 0 radical (unpaired) electrons. The van der Waals surface area contributed by atoms with Crippen LogP contribution < -0.4 is 5.32 Å². The molecule has 0 saturated heterocycles. The molecule has 0 unspecified atom stereocenters. The predicted octanol–water partition coefficient (Wildman–Crippen LogP) is 3.11. The summed E-state index contributed by atoms with van der Waals surface area (Å²) in [4.78, 5) is 35.2. The van der Waals surface area contributed by atoms with Crippen LogP contribution in [0.3, 0.4) is 0 Å². The molecule has 2 N–H and O–H groups in total. The number of nitriles is 1. The number of carbonyl (C=O) groups is 3. The highest BCUT2D eigenvalue weighted by atomic mass is 16.5. The number of aromatic carboxylic acids is 1. The molecule has 2 rings (SSSR count). The van der Waals surface area contributed by atoms with Gasteiger partial charge in [0.05, 0.1) is 17.7 Å². The van der Waals surface area contributed by atoms with Crippen molar-refractivity contribution < 1.29 is 24.2 Å². The molecule has 1 amide bonds. The molecule has 0 fully saturated rings. The van der Waals surface area contributed by atoms with Crippen LogP contribution >= 0.6 is 0 Å². The van der Waals surface area contributed by atoms with Crippen molar-refractivity contribution in [1.82, 2.24) is 0 Å². The molecule has 7 heteroatoms. The minimum Gasteiger partial charge on any atom is -0.478 e. The summed E-state index contributed by atoms with van der Waals surface area (Å²) in [6, 6.07) is 13.8. The number of benzene rings is 2. The monoisotopic (exact) mass is 364 g/mol. The van der Waals surface area contributed by atoms with Gasteiger partial charge in [0, 0.05) is 5.69 Å². The molecule has 2 aromatic carbocycles. The highest BCUT2D eigenvalue weighted by Crippen LogP contribution is 2.16. The number of anilines is 1. The second-order valence-electron chi connectivity index (χ2n) is 5.31. The summed E-state index contributed by atoms with van der Waals surface area (Å²) in [5, 5.41) is 21.0. The Labute approximate surface area is 155 Å². The maximum Gasteiger partial charge on any atom is 0.338 e. The lowest BCUT2D eigenvalue weighted by atomic mass is 10.0. The average molecular weight is 364 g/mol.